The van der Waals surface area contributed by atoms with E-state index in [1.54, 1.807) is 0 Å². The summed E-state index contributed by atoms with van der Waals surface area (Å²) in [6.45, 7) is 2.37. The van der Waals surface area contributed by atoms with Gasteiger partial charge in [0.1, 0.15) is 6.61 Å². The van der Waals surface area contributed by atoms with Gasteiger partial charge in [-0.05, 0) is 6.92 Å². The van der Waals surface area contributed by atoms with Crippen LogP contribution < -0.4 is 15.8 Å². The van der Waals surface area contributed by atoms with E-state index in [2.05, 4.69) is 10.3 Å². The summed E-state index contributed by atoms with van der Waals surface area (Å²) in [4.78, 5) is 13.9. The molecule has 0 aromatic carbocycles. The van der Waals surface area contributed by atoms with Gasteiger partial charge in [-0.15, -0.1) is 0 Å². The lowest BCUT2D eigenvalue weighted by Gasteiger charge is -2.23. The molecular weight excluding hydrogens is 200 g/mol. The zero-order valence-electron chi connectivity index (χ0n) is 8.06. The number of nitrogen functional groups attached to an aromatic ring is 1. The molecule has 0 aliphatic carbocycles. The van der Waals surface area contributed by atoms with E-state index in [0.29, 0.717) is 18.2 Å². The fraction of sp³-hybridized carbons (Fsp3) is 0.375. The number of ether oxygens (including phenoxy) is 1. The lowest BCUT2D eigenvalue weighted by molar-refractivity contribution is -0.384. The van der Waals surface area contributed by atoms with Crippen LogP contribution in [-0.4, -0.2) is 22.6 Å². The minimum absolute atomic E-state index is 0.107. The Kier molecular flexibility index (Phi) is 2.07. The number of nitrogens with zero attached hydrogens (tertiary/aromatic N) is 2. The lowest BCUT2D eigenvalue weighted by atomic mass is 10.2. The zero-order chi connectivity index (χ0) is 11.0. The molecular formula is C8H10N4O3. The number of hydrogen-bond donors (Lipinski definition) is 2. The van der Waals surface area contributed by atoms with E-state index in [0.717, 1.165) is 0 Å². The summed E-state index contributed by atoms with van der Waals surface area (Å²) in [6.07, 6.45) is 0. The molecule has 0 fully saturated rings. The van der Waals surface area contributed by atoms with E-state index in [1.165, 1.54) is 6.07 Å². The predicted octanol–water partition coefficient (Wildman–Crippen LogP) is 0.765. The Hall–Kier alpha value is -2.05. The molecule has 2 rings (SSSR count). The maximum absolute atomic E-state index is 10.6. The number of hydrogen-bond acceptors (Lipinski definition) is 6. The number of pyridine rings is 1. The van der Waals surface area contributed by atoms with E-state index < -0.39 is 4.92 Å². The molecule has 7 heteroatoms. The van der Waals surface area contributed by atoms with Crippen molar-refractivity contribution in [3.05, 3.63) is 16.2 Å². The van der Waals surface area contributed by atoms with Crippen molar-refractivity contribution in [3.63, 3.8) is 0 Å². The summed E-state index contributed by atoms with van der Waals surface area (Å²) in [5.41, 5.74) is 5.21. The van der Waals surface area contributed by atoms with Gasteiger partial charge < -0.3 is 15.8 Å². The highest BCUT2D eigenvalue weighted by Gasteiger charge is 2.23. The van der Waals surface area contributed by atoms with Gasteiger partial charge in [0.2, 0.25) is 5.82 Å². The Morgan fingerprint density at radius 1 is 1.80 bits per heavy atom. The second kappa shape index (κ2) is 3.26. The molecule has 15 heavy (non-hydrogen) atoms. The van der Waals surface area contributed by atoms with Crippen LogP contribution in [0.25, 0.3) is 0 Å². The van der Waals surface area contributed by atoms with Gasteiger partial charge in [0, 0.05) is 0 Å². The largest absolute Gasteiger partial charge is 0.487 e. The molecule has 0 unspecified atom stereocenters. The molecule has 0 saturated heterocycles. The van der Waals surface area contributed by atoms with Gasteiger partial charge in [-0.3, -0.25) is 10.1 Å². The Bertz CT molecular complexity index is 421. The second-order valence-corrected chi connectivity index (χ2v) is 3.35. The molecule has 2 heterocycles. The summed E-state index contributed by atoms with van der Waals surface area (Å²) < 4.78 is 5.30. The number of rotatable bonds is 1. The normalized spacial score (nSPS) is 18.6. The summed E-state index contributed by atoms with van der Waals surface area (Å²) in [5, 5.41) is 13.6. The number of aromatic nitrogens is 1. The molecule has 0 radical (unpaired) electrons. The van der Waals surface area contributed by atoms with Crippen LogP contribution in [0.2, 0.25) is 0 Å². The fourth-order valence-electron chi connectivity index (χ4n) is 1.35. The summed E-state index contributed by atoms with van der Waals surface area (Å²) in [6, 6.07) is 1.40. The first-order chi connectivity index (χ1) is 7.08. The van der Waals surface area contributed by atoms with Gasteiger partial charge in [-0.25, -0.2) is 4.98 Å². The van der Waals surface area contributed by atoms with Crippen molar-refractivity contribution in [2.45, 2.75) is 13.0 Å². The van der Waals surface area contributed by atoms with Crippen LogP contribution >= 0.6 is 0 Å². The molecule has 1 aliphatic rings. The second-order valence-electron chi connectivity index (χ2n) is 3.35. The van der Waals surface area contributed by atoms with Gasteiger partial charge in [-0.1, -0.05) is 0 Å². The Balaban J connectivity index is 2.46. The highest BCUT2D eigenvalue weighted by atomic mass is 16.6. The average molecular weight is 210 g/mol. The SMILES string of the molecule is C[C@@H]1COc2cc([N+](=O)[O-])c(N)nc2N1. The zero-order valence-corrected chi connectivity index (χ0v) is 8.06. The van der Waals surface area contributed by atoms with Crippen molar-refractivity contribution in [3.8, 4) is 5.75 Å². The van der Waals surface area contributed by atoms with Crippen molar-refractivity contribution >= 4 is 17.3 Å². The maximum atomic E-state index is 10.6. The predicted molar refractivity (Wildman–Crippen MR) is 53.9 cm³/mol. The van der Waals surface area contributed by atoms with Gasteiger partial charge in [-0.2, -0.15) is 0 Å². The maximum Gasteiger partial charge on any atom is 0.315 e. The highest BCUT2D eigenvalue weighted by molar-refractivity contribution is 5.65. The third-order valence-electron chi connectivity index (χ3n) is 2.06. The summed E-state index contributed by atoms with van der Waals surface area (Å²) in [7, 11) is 0. The smallest absolute Gasteiger partial charge is 0.315 e. The standard InChI is InChI=1S/C8H10N4O3/c1-4-3-15-6-2-5(12(13)14)7(9)11-8(6)10-4/h2,4H,3H2,1H3,(H3,9,10,11)/t4-/m1/s1. The van der Waals surface area contributed by atoms with Crippen molar-refractivity contribution in [2.75, 3.05) is 17.7 Å². The third-order valence-corrected chi connectivity index (χ3v) is 2.06. The molecule has 0 amide bonds. The molecule has 3 N–H and O–H groups in total. The van der Waals surface area contributed by atoms with Crippen LogP contribution in [0.3, 0.4) is 0 Å². The van der Waals surface area contributed by atoms with Crippen LogP contribution in [0.1, 0.15) is 6.92 Å². The first-order valence-corrected chi connectivity index (χ1v) is 4.42. The molecule has 1 aromatic rings. The van der Waals surface area contributed by atoms with Crippen LogP contribution in [0.5, 0.6) is 5.75 Å². The Morgan fingerprint density at radius 3 is 3.20 bits per heavy atom. The molecule has 80 valence electrons. The monoisotopic (exact) mass is 210 g/mol. The molecule has 0 spiro atoms. The van der Waals surface area contributed by atoms with Gasteiger partial charge >= 0.3 is 5.69 Å². The van der Waals surface area contributed by atoms with E-state index in [4.69, 9.17) is 10.5 Å². The minimum Gasteiger partial charge on any atom is -0.487 e. The van der Waals surface area contributed by atoms with E-state index >= 15 is 0 Å². The molecule has 1 aromatic heterocycles. The fourth-order valence-corrected chi connectivity index (χ4v) is 1.35. The Labute approximate surface area is 85.4 Å². The quantitative estimate of drug-likeness (QED) is 0.524. The van der Waals surface area contributed by atoms with Crippen molar-refractivity contribution in [1.29, 1.82) is 0 Å². The van der Waals surface area contributed by atoms with Crippen molar-refractivity contribution in [2.24, 2.45) is 0 Å². The highest BCUT2D eigenvalue weighted by Crippen LogP contribution is 2.33. The number of nitrogens with one attached hydrogen (secondary N) is 1. The number of anilines is 2. The molecule has 7 nitrogen and oxygen atoms in total. The Morgan fingerprint density at radius 2 is 2.53 bits per heavy atom. The van der Waals surface area contributed by atoms with Crippen molar-refractivity contribution in [1.82, 2.24) is 4.98 Å². The van der Waals surface area contributed by atoms with Crippen LogP contribution in [0.15, 0.2) is 6.07 Å². The van der Waals surface area contributed by atoms with Crippen LogP contribution in [0.4, 0.5) is 17.3 Å². The number of fused-ring (bicyclic) bond motifs is 1. The van der Waals surface area contributed by atoms with Crippen molar-refractivity contribution < 1.29 is 9.66 Å². The van der Waals surface area contributed by atoms with Gasteiger partial charge in [0.25, 0.3) is 0 Å². The van der Waals surface area contributed by atoms with E-state index in [9.17, 15) is 10.1 Å². The van der Waals surface area contributed by atoms with Gasteiger partial charge in [0.05, 0.1) is 17.0 Å². The molecule has 1 atom stereocenters. The van der Waals surface area contributed by atoms with Crippen LogP contribution in [0, 0.1) is 10.1 Å². The van der Waals surface area contributed by atoms with Crippen LogP contribution in [-0.2, 0) is 0 Å². The minimum atomic E-state index is -0.579. The molecule has 0 bridgehead atoms. The topological polar surface area (TPSA) is 103 Å². The third kappa shape index (κ3) is 1.63. The van der Waals surface area contributed by atoms with E-state index in [1.807, 2.05) is 6.92 Å². The summed E-state index contributed by atoms with van der Waals surface area (Å²) in [5.74, 6) is 0.717. The summed E-state index contributed by atoms with van der Waals surface area (Å²) >= 11 is 0. The average Bonchev–Trinajstić information content (AvgIpc) is 2.15. The van der Waals surface area contributed by atoms with E-state index in [-0.39, 0.29) is 17.5 Å². The van der Waals surface area contributed by atoms with Gasteiger partial charge in [0.15, 0.2) is 11.6 Å². The molecule has 1 aliphatic heterocycles. The number of nitrogens with two attached hydrogens (primary N) is 1. The first-order valence-electron chi connectivity index (χ1n) is 4.42. The lowest BCUT2D eigenvalue weighted by Crippen LogP contribution is -2.29. The first kappa shape index (κ1) is 9.50. The number of nitro groups is 1. The molecule has 0 saturated carbocycles.